The lowest BCUT2D eigenvalue weighted by molar-refractivity contribution is 0.278. The maximum atomic E-state index is 12.4. The van der Waals surface area contributed by atoms with Crippen LogP contribution in [0.15, 0.2) is 11.0 Å². The van der Waals surface area contributed by atoms with E-state index in [9.17, 15) is 8.42 Å². The maximum absolute atomic E-state index is 12.4. The molecule has 0 unspecified atom stereocenters. The highest BCUT2D eigenvalue weighted by molar-refractivity contribution is 7.89. The van der Waals surface area contributed by atoms with Crippen LogP contribution in [0.2, 0.25) is 8.67 Å². The lowest BCUT2D eigenvalue weighted by atomic mass is 9.99. The third kappa shape index (κ3) is 3.75. The van der Waals surface area contributed by atoms with Crippen LogP contribution < -0.4 is 5.73 Å². The Labute approximate surface area is 133 Å². The van der Waals surface area contributed by atoms with Crippen molar-refractivity contribution in [1.29, 1.82) is 0 Å². The molecule has 1 aliphatic rings. The molecule has 9 heteroatoms. The average molecular weight is 366 g/mol. The Morgan fingerprint density at radius 3 is 2.37 bits per heavy atom. The Hall–Kier alpha value is 0.440. The van der Waals surface area contributed by atoms with Gasteiger partial charge in [-0.2, -0.15) is 4.31 Å². The molecule has 2 rings (SSSR count). The SMILES string of the molecule is Cl.NCC1CCN(S(=O)(=O)c2cc(Cl)sc2Cl)CC1. The minimum Gasteiger partial charge on any atom is -0.330 e. The summed E-state index contributed by atoms with van der Waals surface area (Å²) < 4.78 is 26.8. The molecule has 1 aromatic heterocycles. The number of thiophene rings is 1. The van der Waals surface area contributed by atoms with E-state index in [0.29, 0.717) is 29.9 Å². The fraction of sp³-hybridized carbons (Fsp3) is 0.600. The smallest absolute Gasteiger partial charge is 0.245 e. The van der Waals surface area contributed by atoms with Crippen LogP contribution in [0.25, 0.3) is 0 Å². The van der Waals surface area contributed by atoms with Crippen LogP contribution >= 0.6 is 46.9 Å². The van der Waals surface area contributed by atoms with Gasteiger partial charge in [0, 0.05) is 13.1 Å². The number of piperidine rings is 1. The quantitative estimate of drug-likeness (QED) is 0.896. The molecule has 1 saturated heterocycles. The summed E-state index contributed by atoms with van der Waals surface area (Å²) in [6, 6.07) is 1.42. The molecule has 110 valence electrons. The number of nitrogens with two attached hydrogens (primary N) is 1. The number of sulfonamides is 1. The molecule has 0 amide bonds. The monoisotopic (exact) mass is 364 g/mol. The molecule has 19 heavy (non-hydrogen) atoms. The fourth-order valence-corrected chi connectivity index (χ4v) is 5.61. The normalized spacial score (nSPS) is 18.3. The van der Waals surface area contributed by atoms with Crippen molar-refractivity contribution < 1.29 is 8.42 Å². The lowest BCUT2D eigenvalue weighted by Gasteiger charge is -2.30. The summed E-state index contributed by atoms with van der Waals surface area (Å²) in [5, 5.41) is 0. The van der Waals surface area contributed by atoms with Crippen LogP contribution in [0.3, 0.4) is 0 Å². The minimum absolute atomic E-state index is 0. The molecule has 0 radical (unpaired) electrons. The summed E-state index contributed by atoms with van der Waals surface area (Å²) in [7, 11) is -3.52. The first-order valence-corrected chi connectivity index (χ1v) is 8.61. The second-order valence-corrected chi connectivity index (χ2v) is 8.46. The molecule has 2 N–H and O–H groups in total. The summed E-state index contributed by atoms with van der Waals surface area (Å²) in [5.74, 6) is 0.415. The molecule has 0 saturated carbocycles. The van der Waals surface area contributed by atoms with Gasteiger partial charge in [0.25, 0.3) is 0 Å². The Morgan fingerprint density at radius 1 is 1.37 bits per heavy atom. The highest BCUT2D eigenvalue weighted by atomic mass is 35.5. The van der Waals surface area contributed by atoms with Crippen molar-refractivity contribution in [2.75, 3.05) is 19.6 Å². The van der Waals surface area contributed by atoms with Gasteiger partial charge in [0.15, 0.2) is 0 Å². The van der Waals surface area contributed by atoms with Crippen molar-refractivity contribution in [2.45, 2.75) is 17.7 Å². The molecular formula is C10H15Cl3N2O2S2. The van der Waals surface area contributed by atoms with E-state index < -0.39 is 10.0 Å². The van der Waals surface area contributed by atoms with Crippen molar-refractivity contribution in [3.63, 3.8) is 0 Å². The summed E-state index contributed by atoms with van der Waals surface area (Å²) in [6.45, 7) is 1.60. The van der Waals surface area contributed by atoms with Crippen molar-refractivity contribution in [1.82, 2.24) is 4.31 Å². The third-order valence-electron chi connectivity index (χ3n) is 3.15. The van der Waals surface area contributed by atoms with E-state index in [0.717, 1.165) is 24.2 Å². The Bertz CT molecular complexity index is 525. The van der Waals surface area contributed by atoms with E-state index in [1.54, 1.807) is 0 Å². The molecule has 0 atom stereocenters. The van der Waals surface area contributed by atoms with Crippen LogP contribution in [-0.4, -0.2) is 32.4 Å². The van der Waals surface area contributed by atoms with Gasteiger partial charge in [0.2, 0.25) is 10.0 Å². The van der Waals surface area contributed by atoms with E-state index >= 15 is 0 Å². The molecule has 0 aliphatic carbocycles. The van der Waals surface area contributed by atoms with Crippen LogP contribution in [0, 0.1) is 5.92 Å². The molecule has 2 heterocycles. The predicted octanol–water partition coefficient (Wildman–Crippen LogP) is 2.84. The Morgan fingerprint density at radius 2 is 1.95 bits per heavy atom. The van der Waals surface area contributed by atoms with Crippen LogP contribution in [-0.2, 0) is 10.0 Å². The highest BCUT2D eigenvalue weighted by Gasteiger charge is 2.31. The summed E-state index contributed by atoms with van der Waals surface area (Å²) in [6.07, 6.45) is 1.59. The van der Waals surface area contributed by atoms with Gasteiger partial charge in [-0.25, -0.2) is 8.42 Å². The van der Waals surface area contributed by atoms with Gasteiger partial charge < -0.3 is 5.73 Å². The van der Waals surface area contributed by atoms with Gasteiger partial charge in [-0.1, -0.05) is 23.2 Å². The zero-order chi connectivity index (χ0) is 13.3. The average Bonchev–Trinajstić information content (AvgIpc) is 2.69. The standard InChI is InChI=1S/C10H14Cl2N2O2S2.ClH/c11-9-5-8(10(12)17-9)18(15,16)14-3-1-7(6-13)2-4-14;/h5,7H,1-4,6,13H2;1H. The number of rotatable bonds is 3. The third-order valence-corrected chi connectivity index (χ3v) is 6.80. The molecule has 1 aromatic rings. The van der Waals surface area contributed by atoms with E-state index in [1.165, 1.54) is 10.4 Å². The molecular weight excluding hydrogens is 351 g/mol. The topological polar surface area (TPSA) is 63.4 Å². The van der Waals surface area contributed by atoms with Crippen molar-refractivity contribution in [2.24, 2.45) is 11.7 Å². The Kier molecular flexibility index (Phi) is 6.38. The largest absolute Gasteiger partial charge is 0.330 e. The Balaban J connectivity index is 0.00000180. The summed E-state index contributed by atoms with van der Waals surface area (Å²) in [5.41, 5.74) is 5.59. The molecule has 0 spiro atoms. The molecule has 4 nitrogen and oxygen atoms in total. The number of hydrogen-bond donors (Lipinski definition) is 1. The number of hydrogen-bond acceptors (Lipinski definition) is 4. The zero-order valence-electron chi connectivity index (χ0n) is 10.0. The second kappa shape index (κ2) is 6.93. The zero-order valence-corrected chi connectivity index (χ0v) is 14.0. The molecule has 1 fully saturated rings. The van der Waals surface area contributed by atoms with E-state index in [2.05, 4.69) is 0 Å². The summed E-state index contributed by atoms with van der Waals surface area (Å²) in [4.78, 5) is 0.116. The highest BCUT2D eigenvalue weighted by Crippen LogP contribution is 2.36. The van der Waals surface area contributed by atoms with Gasteiger partial charge in [-0.15, -0.1) is 23.7 Å². The first kappa shape index (κ1) is 17.5. The molecule has 1 aliphatic heterocycles. The van der Waals surface area contributed by atoms with Gasteiger partial charge in [-0.05, 0) is 31.4 Å². The van der Waals surface area contributed by atoms with Crippen LogP contribution in [0.5, 0.6) is 0 Å². The lowest BCUT2D eigenvalue weighted by Crippen LogP contribution is -2.39. The minimum atomic E-state index is -3.52. The molecule has 0 bridgehead atoms. The van der Waals surface area contributed by atoms with Gasteiger partial charge in [0.05, 0.1) is 4.34 Å². The number of nitrogens with zero attached hydrogens (tertiary/aromatic N) is 1. The fourth-order valence-electron chi connectivity index (χ4n) is 2.03. The summed E-state index contributed by atoms with van der Waals surface area (Å²) >= 11 is 12.8. The first-order chi connectivity index (χ1) is 8.45. The van der Waals surface area contributed by atoms with E-state index in [-0.39, 0.29) is 21.6 Å². The maximum Gasteiger partial charge on any atom is 0.245 e. The first-order valence-electron chi connectivity index (χ1n) is 5.60. The molecule has 0 aromatic carbocycles. The van der Waals surface area contributed by atoms with E-state index in [1.807, 2.05) is 0 Å². The van der Waals surface area contributed by atoms with Crippen LogP contribution in [0.4, 0.5) is 0 Å². The van der Waals surface area contributed by atoms with Gasteiger partial charge in [0.1, 0.15) is 9.23 Å². The van der Waals surface area contributed by atoms with Crippen molar-refractivity contribution in [3.8, 4) is 0 Å². The van der Waals surface area contributed by atoms with Crippen LogP contribution in [0.1, 0.15) is 12.8 Å². The number of halogens is 3. The second-order valence-electron chi connectivity index (χ2n) is 4.27. The van der Waals surface area contributed by atoms with Gasteiger partial charge >= 0.3 is 0 Å². The van der Waals surface area contributed by atoms with Gasteiger partial charge in [-0.3, -0.25) is 0 Å². The van der Waals surface area contributed by atoms with E-state index in [4.69, 9.17) is 28.9 Å². The van der Waals surface area contributed by atoms with Crippen molar-refractivity contribution >= 4 is 57.0 Å². The predicted molar refractivity (Wildman–Crippen MR) is 82.1 cm³/mol. The van der Waals surface area contributed by atoms with Crippen molar-refractivity contribution in [3.05, 3.63) is 14.7 Å².